The van der Waals surface area contributed by atoms with Crippen LogP contribution in [0.3, 0.4) is 0 Å². The van der Waals surface area contributed by atoms with Gasteiger partial charge in [-0.2, -0.15) is 0 Å². The van der Waals surface area contributed by atoms with Crippen molar-refractivity contribution < 1.29 is 29.1 Å². The molecule has 1 unspecified atom stereocenters. The molecule has 0 saturated carbocycles. The standard InChI is InChI=1S/C20H35N3O6/c1-5-6-7-9-14(12-16(24)22-28)18(25)21-17(13(2)3)19(26)23-11-8-10-15(23)20(27)29-4/h13-15,17,28H,5-12H2,1-4H3,(H,21,25)(H,22,24)/t14?,15-,17-/m0/s1. The number of amides is 3. The van der Waals surface area contributed by atoms with Crippen molar-refractivity contribution in [2.75, 3.05) is 13.7 Å². The lowest BCUT2D eigenvalue weighted by atomic mass is 9.94. The zero-order valence-electron chi connectivity index (χ0n) is 17.9. The minimum absolute atomic E-state index is 0.153. The summed E-state index contributed by atoms with van der Waals surface area (Å²) in [6.45, 7) is 6.11. The van der Waals surface area contributed by atoms with E-state index in [0.717, 1.165) is 19.3 Å². The van der Waals surface area contributed by atoms with E-state index in [1.807, 2.05) is 20.8 Å². The summed E-state index contributed by atoms with van der Waals surface area (Å²) in [7, 11) is 1.29. The molecule has 1 rings (SSSR count). The van der Waals surface area contributed by atoms with Gasteiger partial charge in [-0.3, -0.25) is 19.6 Å². The Morgan fingerprint density at radius 1 is 1.21 bits per heavy atom. The second kappa shape index (κ2) is 12.4. The molecule has 1 aliphatic rings. The van der Waals surface area contributed by atoms with E-state index in [4.69, 9.17) is 9.94 Å². The molecule has 9 nitrogen and oxygen atoms in total. The van der Waals surface area contributed by atoms with Crippen LogP contribution in [0.2, 0.25) is 0 Å². The third-order valence-corrected chi connectivity index (χ3v) is 5.32. The van der Waals surface area contributed by atoms with E-state index in [9.17, 15) is 19.2 Å². The highest BCUT2D eigenvalue weighted by Gasteiger charge is 2.39. The number of unbranched alkanes of at least 4 members (excludes halogenated alkanes) is 2. The number of rotatable bonds is 11. The summed E-state index contributed by atoms with van der Waals surface area (Å²) in [4.78, 5) is 51.0. The molecule has 3 amide bonds. The van der Waals surface area contributed by atoms with E-state index in [0.29, 0.717) is 25.8 Å². The van der Waals surface area contributed by atoms with E-state index in [1.54, 1.807) is 5.48 Å². The number of carbonyl (C=O) groups is 4. The van der Waals surface area contributed by atoms with Gasteiger partial charge in [0.25, 0.3) is 0 Å². The molecule has 0 aliphatic carbocycles. The second-order valence-electron chi connectivity index (χ2n) is 7.87. The molecule has 0 bridgehead atoms. The molecular weight excluding hydrogens is 378 g/mol. The first-order valence-electron chi connectivity index (χ1n) is 10.4. The lowest BCUT2D eigenvalue weighted by molar-refractivity contribution is -0.152. The Morgan fingerprint density at radius 3 is 2.45 bits per heavy atom. The largest absolute Gasteiger partial charge is 0.467 e. The lowest BCUT2D eigenvalue weighted by Crippen LogP contribution is -2.55. The lowest BCUT2D eigenvalue weighted by Gasteiger charge is -2.30. The van der Waals surface area contributed by atoms with Crippen LogP contribution in [0, 0.1) is 11.8 Å². The van der Waals surface area contributed by atoms with Gasteiger partial charge in [0, 0.05) is 18.9 Å². The molecule has 0 aromatic heterocycles. The Balaban J connectivity index is 2.90. The number of carbonyl (C=O) groups excluding carboxylic acids is 4. The first kappa shape index (κ1) is 24.9. The smallest absolute Gasteiger partial charge is 0.328 e. The Hall–Kier alpha value is -2.16. The maximum Gasteiger partial charge on any atom is 0.328 e. The number of likely N-dealkylation sites (tertiary alicyclic amines) is 1. The van der Waals surface area contributed by atoms with Crippen LogP contribution in [0.15, 0.2) is 0 Å². The zero-order chi connectivity index (χ0) is 22.0. The molecule has 0 aromatic carbocycles. The molecule has 9 heteroatoms. The summed E-state index contributed by atoms with van der Waals surface area (Å²) >= 11 is 0. The second-order valence-corrected chi connectivity index (χ2v) is 7.87. The van der Waals surface area contributed by atoms with Crippen LogP contribution in [0.25, 0.3) is 0 Å². The molecule has 0 aromatic rings. The SMILES string of the molecule is CCCCCC(CC(=O)NO)C(=O)N[C@H](C(=O)N1CCC[C@H]1C(=O)OC)C(C)C. The number of nitrogens with zero attached hydrogens (tertiary/aromatic N) is 1. The quantitative estimate of drug-likeness (QED) is 0.203. The van der Waals surface area contributed by atoms with E-state index < -0.39 is 35.8 Å². The van der Waals surface area contributed by atoms with Gasteiger partial charge < -0.3 is 15.0 Å². The Kier molecular flexibility index (Phi) is 10.6. The van der Waals surface area contributed by atoms with Gasteiger partial charge in [0.05, 0.1) is 7.11 Å². The van der Waals surface area contributed by atoms with Gasteiger partial charge >= 0.3 is 5.97 Å². The number of nitrogens with one attached hydrogen (secondary N) is 2. The van der Waals surface area contributed by atoms with Crippen LogP contribution in [-0.4, -0.2) is 59.5 Å². The van der Waals surface area contributed by atoms with Gasteiger partial charge in [-0.1, -0.05) is 40.0 Å². The minimum atomic E-state index is -0.807. The summed E-state index contributed by atoms with van der Waals surface area (Å²) in [5, 5.41) is 11.6. The summed E-state index contributed by atoms with van der Waals surface area (Å²) in [6, 6.07) is -1.44. The van der Waals surface area contributed by atoms with Crippen molar-refractivity contribution >= 4 is 23.7 Å². The van der Waals surface area contributed by atoms with Crippen LogP contribution in [0.1, 0.15) is 65.7 Å². The molecule has 1 heterocycles. The normalized spacial score (nSPS) is 18.3. The Morgan fingerprint density at radius 2 is 1.90 bits per heavy atom. The minimum Gasteiger partial charge on any atom is -0.467 e. The first-order valence-corrected chi connectivity index (χ1v) is 10.4. The monoisotopic (exact) mass is 413 g/mol. The molecule has 1 fully saturated rings. The molecular formula is C20H35N3O6. The summed E-state index contributed by atoms with van der Waals surface area (Å²) in [5.74, 6) is -2.65. The van der Waals surface area contributed by atoms with Crippen molar-refractivity contribution in [3.63, 3.8) is 0 Å². The van der Waals surface area contributed by atoms with Gasteiger partial charge in [-0.15, -0.1) is 0 Å². The van der Waals surface area contributed by atoms with Crippen molar-refractivity contribution in [3.8, 4) is 0 Å². The van der Waals surface area contributed by atoms with Crippen molar-refractivity contribution in [2.45, 2.75) is 77.8 Å². The predicted octanol–water partition coefficient (Wildman–Crippen LogP) is 1.38. The molecule has 1 saturated heterocycles. The van der Waals surface area contributed by atoms with Crippen LogP contribution < -0.4 is 10.8 Å². The maximum absolute atomic E-state index is 13.1. The fraction of sp³-hybridized carbons (Fsp3) is 0.800. The van der Waals surface area contributed by atoms with Gasteiger partial charge in [-0.25, -0.2) is 10.3 Å². The Bertz CT molecular complexity index is 581. The number of hydrogen-bond acceptors (Lipinski definition) is 6. The van der Waals surface area contributed by atoms with Gasteiger partial charge in [0.2, 0.25) is 17.7 Å². The van der Waals surface area contributed by atoms with Gasteiger partial charge in [0.1, 0.15) is 12.1 Å². The Labute approximate surface area is 172 Å². The van der Waals surface area contributed by atoms with E-state index >= 15 is 0 Å². The number of hydroxylamine groups is 1. The van der Waals surface area contributed by atoms with Crippen molar-refractivity contribution in [3.05, 3.63) is 0 Å². The van der Waals surface area contributed by atoms with E-state index in [1.165, 1.54) is 12.0 Å². The van der Waals surface area contributed by atoms with Crippen LogP contribution in [-0.2, 0) is 23.9 Å². The third-order valence-electron chi connectivity index (χ3n) is 5.32. The van der Waals surface area contributed by atoms with Gasteiger partial charge in [-0.05, 0) is 25.2 Å². The highest BCUT2D eigenvalue weighted by molar-refractivity contribution is 5.93. The first-order chi connectivity index (χ1) is 13.8. The van der Waals surface area contributed by atoms with E-state index in [2.05, 4.69) is 5.32 Å². The molecule has 0 spiro atoms. The average molecular weight is 414 g/mol. The van der Waals surface area contributed by atoms with Crippen molar-refractivity contribution in [1.82, 2.24) is 15.7 Å². The highest BCUT2D eigenvalue weighted by Crippen LogP contribution is 2.22. The van der Waals surface area contributed by atoms with Crippen LogP contribution >= 0.6 is 0 Å². The number of ether oxygens (including phenoxy) is 1. The average Bonchev–Trinajstić information content (AvgIpc) is 3.19. The molecule has 1 aliphatic heterocycles. The maximum atomic E-state index is 13.1. The fourth-order valence-electron chi connectivity index (χ4n) is 3.61. The molecule has 0 radical (unpaired) electrons. The van der Waals surface area contributed by atoms with E-state index in [-0.39, 0.29) is 18.2 Å². The third kappa shape index (κ3) is 7.30. The topological polar surface area (TPSA) is 125 Å². The number of hydrogen-bond donors (Lipinski definition) is 3. The fourth-order valence-corrected chi connectivity index (χ4v) is 3.61. The summed E-state index contributed by atoms with van der Waals surface area (Å²) in [6.07, 6.45) is 4.22. The molecule has 29 heavy (non-hydrogen) atoms. The molecule has 166 valence electrons. The van der Waals surface area contributed by atoms with Crippen molar-refractivity contribution in [1.29, 1.82) is 0 Å². The molecule has 3 atom stereocenters. The van der Waals surface area contributed by atoms with Crippen LogP contribution in [0.4, 0.5) is 0 Å². The van der Waals surface area contributed by atoms with Crippen molar-refractivity contribution in [2.24, 2.45) is 11.8 Å². The highest BCUT2D eigenvalue weighted by atomic mass is 16.5. The predicted molar refractivity (Wildman–Crippen MR) is 106 cm³/mol. The zero-order valence-corrected chi connectivity index (χ0v) is 17.9. The molecule has 3 N–H and O–H groups in total. The number of esters is 1. The van der Waals surface area contributed by atoms with Gasteiger partial charge in [0.15, 0.2) is 0 Å². The number of methoxy groups -OCH3 is 1. The van der Waals surface area contributed by atoms with Crippen LogP contribution in [0.5, 0.6) is 0 Å². The summed E-state index contributed by atoms with van der Waals surface area (Å²) in [5.41, 5.74) is 1.56. The summed E-state index contributed by atoms with van der Waals surface area (Å²) < 4.78 is 4.80.